The summed E-state index contributed by atoms with van der Waals surface area (Å²) in [7, 11) is 0. The number of benzene rings is 1. The van der Waals surface area contributed by atoms with Crippen LogP contribution in [-0.2, 0) is 4.74 Å². The van der Waals surface area contributed by atoms with Crippen molar-refractivity contribution in [2.45, 2.75) is 12.8 Å². The highest BCUT2D eigenvalue weighted by molar-refractivity contribution is 5.56. The highest BCUT2D eigenvalue weighted by atomic mass is 16.5. The van der Waals surface area contributed by atoms with Gasteiger partial charge in [-0.2, -0.15) is 19.9 Å². The largest absolute Gasteiger partial charge is 0.380 e. The Morgan fingerprint density at radius 3 is 2.46 bits per heavy atom. The molecule has 1 spiro atoms. The number of piperidine rings is 1. The van der Waals surface area contributed by atoms with Gasteiger partial charge in [0.05, 0.1) is 13.2 Å². The smallest absolute Gasteiger partial charge is 0.324 e. The predicted octanol–water partition coefficient (Wildman–Crippen LogP) is 1.86. The van der Waals surface area contributed by atoms with Gasteiger partial charge < -0.3 is 25.2 Å². The van der Waals surface area contributed by atoms with E-state index in [0.29, 0.717) is 17.4 Å². The average Bonchev–Trinajstić information content (AvgIpc) is 3.17. The monoisotopic (exact) mass is 380 g/mol. The number of aromatic nitrogens is 5. The molecule has 144 valence electrons. The molecule has 0 saturated carbocycles. The minimum atomic E-state index is 0.0830. The Kier molecular flexibility index (Phi) is 4.05. The SMILES string of the molecule is Nc1nc(Nc2ccccc2)nc(-c2noc(N3CCC4(CC3)COC4)n2)n1. The topological polar surface area (TPSA) is 128 Å². The first-order valence-electron chi connectivity index (χ1n) is 9.20. The molecule has 10 nitrogen and oxygen atoms in total. The van der Waals surface area contributed by atoms with Crippen LogP contribution in [0.15, 0.2) is 34.9 Å². The van der Waals surface area contributed by atoms with Crippen LogP contribution < -0.4 is 16.0 Å². The lowest BCUT2D eigenvalue weighted by Crippen LogP contribution is -2.51. The molecule has 0 amide bonds. The number of nitrogens with zero attached hydrogens (tertiary/aromatic N) is 6. The summed E-state index contributed by atoms with van der Waals surface area (Å²) in [5, 5.41) is 7.13. The number of hydrogen-bond acceptors (Lipinski definition) is 10. The number of para-hydroxylation sites is 1. The van der Waals surface area contributed by atoms with Gasteiger partial charge in [0.1, 0.15) is 0 Å². The molecule has 0 unspecified atom stereocenters. The fourth-order valence-electron chi connectivity index (χ4n) is 3.49. The molecule has 2 fully saturated rings. The number of ether oxygens (including phenoxy) is 1. The van der Waals surface area contributed by atoms with Gasteiger partial charge in [0.2, 0.25) is 23.5 Å². The van der Waals surface area contributed by atoms with Gasteiger partial charge in [-0.05, 0) is 25.0 Å². The van der Waals surface area contributed by atoms with Gasteiger partial charge in [0, 0.05) is 24.2 Å². The van der Waals surface area contributed by atoms with Crippen LogP contribution in [0.5, 0.6) is 0 Å². The summed E-state index contributed by atoms with van der Waals surface area (Å²) in [6.07, 6.45) is 2.13. The van der Waals surface area contributed by atoms with Crippen LogP contribution in [0.2, 0.25) is 0 Å². The quantitative estimate of drug-likeness (QED) is 0.692. The average molecular weight is 380 g/mol. The number of rotatable bonds is 4. The maximum Gasteiger partial charge on any atom is 0.324 e. The molecule has 0 radical (unpaired) electrons. The molecular formula is C18H20N8O2. The Hall–Kier alpha value is -3.27. The third-order valence-corrected chi connectivity index (χ3v) is 5.21. The lowest BCUT2D eigenvalue weighted by atomic mass is 9.77. The van der Waals surface area contributed by atoms with Crippen LogP contribution in [0.4, 0.5) is 23.6 Å². The maximum atomic E-state index is 5.84. The van der Waals surface area contributed by atoms with Gasteiger partial charge in [0.15, 0.2) is 0 Å². The van der Waals surface area contributed by atoms with E-state index in [1.807, 2.05) is 30.3 Å². The zero-order valence-electron chi connectivity index (χ0n) is 15.2. The molecule has 4 heterocycles. The van der Waals surface area contributed by atoms with E-state index in [9.17, 15) is 0 Å². The first kappa shape index (κ1) is 16.9. The third kappa shape index (κ3) is 3.22. The molecule has 0 bridgehead atoms. The van der Waals surface area contributed by atoms with E-state index in [1.165, 1.54) is 0 Å². The third-order valence-electron chi connectivity index (χ3n) is 5.21. The van der Waals surface area contributed by atoms with E-state index in [-0.39, 0.29) is 17.6 Å². The summed E-state index contributed by atoms with van der Waals surface area (Å²) in [4.78, 5) is 19.2. The predicted molar refractivity (Wildman–Crippen MR) is 102 cm³/mol. The molecule has 10 heteroatoms. The highest BCUT2D eigenvalue weighted by Crippen LogP contribution is 2.39. The Balaban J connectivity index is 1.34. The molecule has 3 aromatic rings. The number of hydrogen-bond donors (Lipinski definition) is 2. The Morgan fingerprint density at radius 1 is 0.964 bits per heavy atom. The molecule has 28 heavy (non-hydrogen) atoms. The van der Waals surface area contributed by atoms with Gasteiger partial charge in [0.25, 0.3) is 0 Å². The van der Waals surface area contributed by atoms with Crippen molar-refractivity contribution in [1.82, 2.24) is 25.1 Å². The molecule has 2 aliphatic rings. The molecule has 5 rings (SSSR count). The summed E-state index contributed by atoms with van der Waals surface area (Å²) < 4.78 is 10.8. The van der Waals surface area contributed by atoms with Crippen LogP contribution in [0.3, 0.4) is 0 Å². The number of nitrogens with one attached hydrogen (secondary N) is 1. The van der Waals surface area contributed by atoms with Crippen molar-refractivity contribution < 1.29 is 9.26 Å². The summed E-state index contributed by atoms with van der Waals surface area (Å²) in [5.74, 6) is 0.957. The fourth-order valence-corrected chi connectivity index (χ4v) is 3.49. The minimum Gasteiger partial charge on any atom is -0.380 e. The minimum absolute atomic E-state index is 0.0830. The van der Waals surface area contributed by atoms with Gasteiger partial charge in [-0.1, -0.05) is 23.4 Å². The summed E-state index contributed by atoms with van der Waals surface area (Å²) in [5.41, 5.74) is 7.03. The lowest BCUT2D eigenvalue weighted by molar-refractivity contribution is -0.124. The van der Waals surface area contributed by atoms with E-state index in [0.717, 1.165) is 44.8 Å². The molecule has 0 atom stereocenters. The molecule has 2 aliphatic heterocycles. The zero-order chi connectivity index (χ0) is 19.0. The van der Waals surface area contributed by atoms with Crippen LogP contribution in [0.25, 0.3) is 11.6 Å². The maximum absolute atomic E-state index is 5.84. The van der Waals surface area contributed by atoms with Crippen molar-refractivity contribution in [2.24, 2.45) is 5.41 Å². The Bertz CT molecular complexity index is 963. The van der Waals surface area contributed by atoms with Crippen LogP contribution in [0.1, 0.15) is 12.8 Å². The van der Waals surface area contributed by atoms with Crippen molar-refractivity contribution in [3.63, 3.8) is 0 Å². The van der Waals surface area contributed by atoms with Crippen molar-refractivity contribution in [2.75, 3.05) is 42.3 Å². The van der Waals surface area contributed by atoms with Gasteiger partial charge in [-0.15, -0.1) is 0 Å². The summed E-state index contributed by atoms with van der Waals surface area (Å²) in [6, 6.07) is 10.0. The number of nitrogens with two attached hydrogens (primary N) is 1. The second kappa shape index (κ2) is 6.71. The van der Waals surface area contributed by atoms with E-state index in [2.05, 4.69) is 35.3 Å². The van der Waals surface area contributed by atoms with Crippen LogP contribution in [0, 0.1) is 5.41 Å². The summed E-state index contributed by atoms with van der Waals surface area (Å²) >= 11 is 0. The standard InChI is InChI=1S/C18H20N8O2/c19-15-21-13(22-16(24-15)20-12-4-2-1-3-5-12)14-23-17(28-25-14)26-8-6-18(7-9-26)10-27-11-18/h1-5H,6-11H2,(H3,19,20,21,22,24). The van der Waals surface area contributed by atoms with Gasteiger partial charge in [-0.3, -0.25) is 0 Å². The van der Waals surface area contributed by atoms with E-state index >= 15 is 0 Å². The normalized spacial score (nSPS) is 18.1. The van der Waals surface area contributed by atoms with Crippen LogP contribution in [-0.4, -0.2) is 51.4 Å². The van der Waals surface area contributed by atoms with Crippen molar-refractivity contribution in [3.8, 4) is 11.6 Å². The van der Waals surface area contributed by atoms with Crippen molar-refractivity contribution >= 4 is 23.6 Å². The molecule has 2 aromatic heterocycles. The first-order chi connectivity index (χ1) is 13.7. The Morgan fingerprint density at radius 2 is 1.75 bits per heavy atom. The van der Waals surface area contributed by atoms with Gasteiger partial charge in [-0.25, -0.2) is 0 Å². The summed E-state index contributed by atoms with van der Waals surface area (Å²) in [6.45, 7) is 3.45. The van der Waals surface area contributed by atoms with Gasteiger partial charge >= 0.3 is 6.01 Å². The van der Waals surface area contributed by atoms with Crippen LogP contribution >= 0.6 is 0 Å². The van der Waals surface area contributed by atoms with Crippen molar-refractivity contribution in [1.29, 1.82) is 0 Å². The van der Waals surface area contributed by atoms with E-state index in [4.69, 9.17) is 15.0 Å². The number of anilines is 4. The first-order valence-corrected chi connectivity index (χ1v) is 9.20. The van der Waals surface area contributed by atoms with E-state index < -0.39 is 0 Å². The second-order valence-electron chi connectivity index (χ2n) is 7.21. The highest BCUT2D eigenvalue weighted by Gasteiger charge is 2.42. The van der Waals surface area contributed by atoms with E-state index in [1.54, 1.807) is 0 Å². The molecule has 3 N–H and O–H groups in total. The lowest BCUT2D eigenvalue weighted by Gasteiger charge is -2.46. The molecular weight excluding hydrogens is 360 g/mol. The molecule has 0 aliphatic carbocycles. The zero-order valence-corrected chi connectivity index (χ0v) is 15.2. The number of nitrogen functional groups attached to an aromatic ring is 1. The second-order valence-corrected chi connectivity index (χ2v) is 7.21. The fraction of sp³-hybridized carbons (Fsp3) is 0.389. The molecule has 2 saturated heterocycles. The van der Waals surface area contributed by atoms with Crippen molar-refractivity contribution in [3.05, 3.63) is 30.3 Å². The molecule has 1 aromatic carbocycles. The Labute approximate surface area is 161 Å².